The summed E-state index contributed by atoms with van der Waals surface area (Å²) in [6, 6.07) is 14.5. The molecule has 1 aliphatic carbocycles. The van der Waals surface area contributed by atoms with Crippen molar-refractivity contribution in [2.75, 3.05) is 18.8 Å². The van der Waals surface area contributed by atoms with Gasteiger partial charge in [-0.25, -0.2) is 9.59 Å². The van der Waals surface area contributed by atoms with Crippen LogP contribution >= 0.6 is 11.8 Å². The molecule has 492 valence electrons. The van der Waals surface area contributed by atoms with E-state index in [4.69, 9.17) is 24.7 Å². The Balaban J connectivity index is 1.02. The van der Waals surface area contributed by atoms with Crippen molar-refractivity contribution in [1.29, 1.82) is 0 Å². The predicted octanol–water partition coefficient (Wildman–Crippen LogP) is 6.21. The Kier molecular flexibility index (Phi) is 25.6. The third-order valence-corrected chi connectivity index (χ3v) is 16.9. The number of carbonyl (C=O) groups is 11. The molecule has 2 aliphatic heterocycles. The number of nitrogens with two attached hydrogens (primary N) is 1. The summed E-state index contributed by atoms with van der Waals surface area (Å²) in [6.07, 6.45) is 7.37. The topological polar surface area (TPSA) is 335 Å². The lowest BCUT2D eigenvalue weighted by Gasteiger charge is -2.38. The molecule has 3 aliphatic rings. The van der Waals surface area contributed by atoms with E-state index in [-0.39, 0.29) is 67.8 Å². The van der Waals surface area contributed by atoms with Crippen molar-refractivity contribution in [3.8, 4) is 5.75 Å². The smallest absolute Gasteiger partial charge is 0.397 e. The molecule has 6 rings (SSSR count). The summed E-state index contributed by atoms with van der Waals surface area (Å²) < 4.78 is 22.3. The van der Waals surface area contributed by atoms with Crippen LogP contribution < -0.4 is 47.7 Å². The number of carbonyl (C=O) groups excluding carboxylic acids is 11. The molecule has 24 heteroatoms. The fourth-order valence-corrected chi connectivity index (χ4v) is 12.7. The van der Waals surface area contributed by atoms with E-state index in [2.05, 4.69) is 37.2 Å². The van der Waals surface area contributed by atoms with Gasteiger partial charge in [-0.3, -0.25) is 43.2 Å². The molecule has 1 saturated carbocycles. The highest BCUT2D eigenvalue weighted by Gasteiger charge is 2.45. The number of amides is 8. The molecule has 2 heterocycles. The largest absolute Gasteiger partial charge is 0.459 e. The van der Waals surface area contributed by atoms with Gasteiger partial charge in [-0.05, 0) is 142 Å². The highest BCUT2D eigenvalue weighted by molar-refractivity contribution is 8.00. The van der Waals surface area contributed by atoms with Crippen LogP contribution in [-0.2, 0) is 75.0 Å². The zero-order chi connectivity index (χ0) is 66.0. The van der Waals surface area contributed by atoms with Crippen LogP contribution in [0.4, 0.5) is 4.79 Å². The van der Waals surface area contributed by atoms with Gasteiger partial charge in [0.15, 0.2) is 5.92 Å². The molecule has 0 bridgehead atoms. The van der Waals surface area contributed by atoms with E-state index in [0.29, 0.717) is 61.6 Å². The molecule has 5 atom stereocenters. The Morgan fingerprint density at radius 2 is 1.30 bits per heavy atom. The van der Waals surface area contributed by atoms with Gasteiger partial charge in [0, 0.05) is 48.7 Å². The SMILES string of the molecule is CC(C)(C)OC(=O)C(=O)N[C@@H](Cc1ccc(C(C(=O)OC(C)(C)C)C(=O)OC(C)(C)C)cc1)C(=O)NC1(C(=O)N[C@@H](CC(N)=O)C(=O)NCCCc2cccc3c(OC(=O)CCCCCNC(=O)CCCC[C@@H]4SC[C@@H]5NC(=O)N[C@@H]54)cccc23)CCCCC1. The van der Waals surface area contributed by atoms with Crippen LogP contribution in [-0.4, -0.2) is 136 Å². The molecule has 3 aromatic carbocycles. The average Bonchev–Trinajstić information content (AvgIpc) is 3.95. The first-order valence-corrected chi connectivity index (χ1v) is 32.4. The monoisotopic (exact) mass is 1270 g/mol. The molecular weight excluding hydrogens is 1180 g/mol. The fourth-order valence-electron chi connectivity index (χ4n) is 11.1. The maximum atomic E-state index is 14.6. The summed E-state index contributed by atoms with van der Waals surface area (Å²) in [4.78, 5) is 146. The van der Waals surface area contributed by atoms with Gasteiger partial charge in [-0.15, -0.1) is 0 Å². The second-order valence-electron chi connectivity index (χ2n) is 26.5. The molecule has 3 fully saturated rings. The number of esters is 4. The van der Waals surface area contributed by atoms with E-state index in [1.807, 2.05) is 36.0 Å². The van der Waals surface area contributed by atoms with Crippen LogP contribution in [0, 0.1) is 0 Å². The number of urea groups is 1. The number of aryl methyl sites for hydroxylation is 1. The first-order chi connectivity index (χ1) is 42.4. The quantitative estimate of drug-likeness (QED) is 0.00728. The zero-order valence-corrected chi connectivity index (χ0v) is 54.3. The van der Waals surface area contributed by atoms with Crippen molar-refractivity contribution in [2.45, 2.75) is 229 Å². The van der Waals surface area contributed by atoms with Gasteiger partial charge in [0.2, 0.25) is 29.5 Å². The fraction of sp³-hybridized carbons (Fsp3) is 0.591. The summed E-state index contributed by atoms with van der Waals surface area (Å²) >= 11 is 1.87. The van der Waals surface area contributed by atoms with Gasteiger partial charge in [0.25, 0.3) is 0 Å². The molecule has 3 aromatic rings. The highest BCUT2D eigenvalue weighted by Crippen LogP contribution is 2.34. The van der Waals surface area contributed by atoms with Gasteiger partial charge in [0.1, 0.15) is 40.2 Å². The van der Waals surface area contributed by atoms with Crippen molar-refractivity contribution >= 4 is 87.9 Å². The second kappa shape index (κ2) is 32.3. The number of unbranched alkanes of at least 4 members (excludes halogenated alkanes) is 3. The molecule has 0 aromatic heterocycles. The number of hydrogen-bond acceptors (Lipinski definition) is 16. The van der Waals surface area contributed by atoms with Crippen LogP contribution in [0.5, 0.6) is 5.75 Å². The summed E-state index contributed by atoms with van der Waals surface area (Å²) in [6.45, 7) is 15.3. The molecule has 23 nitrogen and oxygen atoms in total. The van der Waals surface area contributed by atoms with Crippen LogP contribution in [0.3, 0.4) is 0 Å². The Bertz CT molecular complexity index is 3050. The van der Waals surface area contributed by atoms with E-state index in [1.54, 1.807) is 74.4 Å². The van der Waals surface area contributed by atoms with Crippen molar-refractivity contribution in [3.63, 3.8) is 0 Å². The van der Waals surface area contributed by atoms with E-state index in [9.17, 15) is 52.7 Å². The number of hydrogen-bond donors (Lipinski definition) is 8. The standard InChI is InChI=1S/C66H92N8O15S/c1-63(2,3)87-58(81)53(59(82)88-64(4,5)6)42-31-29-40(30-32-42)37-45(70-57(80)60(83)89-65(7,8)9)56(79)74-66(33-15-11-16-34-66)61(84)71-46(38-50(67)75)55(78)69-36-20-22-41-21-18-24-44-43(41)23-19-25-48(44)86-52(77)28-12-10-17-35-68-51(76)27-14-13-26-49-54-47(39-90-49)72-62(85)73-54/h18-19,21,23-25,29-32,45-47,49,53-54H,10-17,20,22,26-28,33-39H2,1-9H3,(H2,67,75)(H,68,76)(H,69,78)(H,70,80)(H,71,84)(H,74,79)(H2,72,73,85)/t45-,46-,47-,49-,54-/m0/s1. The van der Waals surface area contributed by atoms with E-state index < -0.39 is 94.2 Å². The number of rotatable bonds is 29. The summed E-state index contributed by atoms with van der Waals surface area (Å²) in [7, 11) is 0. The summed E-state index contributed by atoms with van der Waals surface area (Å²) in [5.74, 6) is -7.90. The second-order valence-corrected chi connectivity index (χ2v) is 27.7. The minimum Gasteiger partial charge on any atom is -0.459 e. The summed E-state index contributed by atoms with van der Waals surface area (Å²) in [5, 5.41) is 21.7. The van der Waals surface area contributed by atoms with Gasteiger partial charge in [0.05, 0.1) is 18.5 Å². The van der Waals surface area contributed by atoms with Crippen molar-refractivity contribution in [2.24, 2.45) is 5.73 Å². The van der Waals surface area contributed by atoms with E-state index in [1.165, 1.54) is 24.3 Å². The maximum absolute atomic E-state index is 14.6. The molecular formula is C66H92N8O15S. The first-order valence-electron chi connectivity index (χ1n) is 31.3. The Morgan fingerprint density at radius 3 is 1.96 bits per heavy atom. The highest BCUT2D eigenvalue weighted by atomic mass is 32.2. The molecule has 0 spiro atoms. The molecule has 9 N–H and O–H groups in total. The first kappa shape index (κ1) is 71.3. The van der Waals surface area contributed by atoms with Crippen LogP contribution in [0.1, 0.15) is 181 Å². The van der Waals surface area contributed by atoms with E-state index >= 15 is 0 Å². The number of primary amides is 1. The minimum absolute atomic E-state index is 0.00571. The maximum Gasteiger partial charge on any atom is 0.397 e. The van der Waals surface area contributed by atoms with Gasteiger partial charge < -0.3 is 61.9 Å². The zero-order valence-electron chi connectivity index (χ0n) is 53.5. The molecule has 0 unspecified atom stereocenters. The number of nitrogens with one attached hydrogen (secondary N) is 7. The number of fused-ring (bicyclic) bond motifs is 2. The van der Waals surface area contributed by atoms with Crippen molar-refractivity contribution in [3.05, 3.63) is 77.4 Å². The third kappa shape index (κ3) is 22.3. The third-order valence-electron chi connectivity index (χ3n) is 15.4. The molecule has 0 radical (unpaired) electrons. The molecule has 8 amide bonds. The van der Waals surface area contributed by atoms with Gasteiger partial charge >= 0.3 is 35.8 Å². The number of benzene rings is 3. The lowest BCUT2D eigenvalue weighted by molar-refractivity contribution is -0.169. The lowest BCUT2D eigenvalue weighted by Crippen LogP contribution is -2.65. The number of ether oxygens (including phenoxy) is 4. The van der Waals surface area contributed by atoms with Crippen LogP contribution in [0.15, 0.2) is 60.7 Å². The normalized spacial score (nSPS) is 17.7. The average molecular weight is 1270 g/mol. The lowest BCUT2D eigenvalue weighted by atomic mass is 9.80. The van der Waals surface area contributed by atoms with Crippen LogP contribution in [0.25, 0.3) is 10.8 Å². The van der Waals surface area contributed by atoms with Crippen molar-refractivity contribution < 1.29 is 71.7 Å². The Morgan fingerprint density at radius 1 is 0.667 bits per heavy atom. The van der Waals surface area contributed by atoms with E-state index in [0.717, 1.165) is 60.6 Å². The minimum atomic E-state index is -1.64. The predicted molar refractivity (Wildman–Crippen MR) is 338 cm³/mol. The number of thioether (sulfide) groups is 1. The molecule has 90 heavy (non-hydrogen) atoms. The van der Waals surface area contributed by atoms with Crippen molar-refractivity contribution in [1.82, 2.24) is 37.2 Å². The van der Waals surface area contributed by atoms with Gasteiger partial charge in [-0.2, -0.15) is 11.8 Å². The Labute approximate surface area is 531 Å². The molecule has 2 saturated heterocycles. The van der Waals surface area contributed by atoms with Crippen LogP contribution in [0.2, 0.25) is 0 Å². The summed E-state index contributed by atoms with van der Waals surface area (Å²) in [5.41, 5.74) is 2.61. The Hall–Kier alpha value is -7.76. The van der Waals surface area contributed by atoms with Gasteiger partial charge in [-0.1, -0.05) is 86.7 Å².